The van der Waals surface area contributed by atoms with Gasteiger partial charge >= 0.3 is 0 Å². The van der Waals surface area contributed by atoms with Gasteiger partial charge in [0.1, 0.15) is 0 Å². The number of thiazole rings is 1. The number of sulfonamides is 1. The Morgan fingerprint density at radius 3 is 2.41 bits per heavy atom. The van der Waals surface area contributed by atoms with E-state index in [2.05, 4.69) is 10.3 Å². The van der Waals surface area contributed by atoms with Crippen molar-refractivity contribution in [2.45, 2.75) is 18.2 Å². The van der Waals surface area contributed by atoms with E-state index in [-0.39, 0.29) is 10.8 Å². The Bertz CT molecular complexity index is 1140. The molecule has 3 aromatic rings. The molecule has 0 atom stereocenters. The van der Waals surface area contributed by atoms with Crippen molar-refractivity contribution in [1.82, 2.24) is 9.29 Å². The van der Waals surface area contributed by atoms with E-state index in [4.69, 9.17) is 11.6 Å². The van der Waals surface area contributed by atoms with E-state index in [1.54, 1.807) is 0 Å². The first-order chi connectivity index (χ1) is 13.7. The summed E-state index contributed by atoms with van der Waals surface area (Å²) in [7, 11) is -0.615. The average molecular weight is 450 g/mol. The number of aromatic nitrogens is 1. The van der Waals surface area contributed by atoms with Gasteiger partial charge in [0, 0.05) is 36.0 Å². The number of carbonyl (C=O) groups is 1. The normalized spacial score (nSPS) is 11.6. The van der Waals surface area contributed by atoms with Crippen LogP contribution in [-0.4, -0.2) is 37.7 Å². The van der Waals surface area contributed by atoms with Crippen molar-refractivity contribution in [2.24, 2.45) is 0 Å². The monoisotopic (exact) mass is 449 g/mol. The molecule has 3 rings (SSSR count). The highest BCUT2D eigenvalue weighted by Crippen LogP contribution is 2.28. The van der Waals surface area contributed by atoms with Crippen molar-refractivity contribution >= 4 is 44.0 Å². The molecule has 0 saturated carbocycles. The number of nitrogens with one attached hydrogen (secondary N) is 1. The zero-order valence-electron chi connectivity index (χ0n) is 16.1. The fourth-order valence-corrected chi connectivity index (χ4v) is 4.70. The maximum absolute atomic E-state index is 12.5. The number of carbonyl (C=O) groups excluding carboxylic acids is 1. The molecule has 152 valence electrons. The first kappa shape index (κ1) is 21.4. The van der Waals surface area contributed by atoms with Gasteiger partial charge in [0.25, 0.3) is 5.91 Å². The van der Waals surface area contributed by atoms with Crippen LogP contribution in [0, 0.1) is 6.92 Å². The lowest BCUT2D eigenvalue weighted by atomic mass is 10.1. The molecular formula is C20H20ClN3O3S2. The Balaban J connectivity index is 1.74. The molecule has 0 spiro atoms. The number of halogens is 1. The predicted molar refractivity (Wildman–Crippen MR) is 116 cm³/mol. The van der Waals surface area contributed by atoms with Gasteiger partial charge in [0.05, 0.1) is 10.6 Å². The van der Waals surface area contributed by atoms with Gasteiger partial charge in [-0.05, 0) is 42.8 Å². The Labute approximate surface area is 179 Å². The lowest BCUT2D eigenvalue weighted by Gasteiger charge is -2.11. The van der Waals surface area contributed by atoms with E-state index in [0.717, 1.165) is 20.4 Å². The number of anilines is 1. The largest absolute Gasteiger partial charge is 0.298 e. The fourth-order valence-electron chi connectivity index (χ4n) is 2.62. The Morgan fingerprint density at radius 1 is 1.14 bits per heavy atom. The number of aryl methyl sites for hydroxylation is 1. The molecule has 1 amide bonds. The molecule has 0 bridgehead atoms. The van der Waals surface area contributed by atoms with Crippen LogP contribution in [0.5, 0.6) is 0 Å². The second-order valence-electron chi connectivity index (χ2n) is 6.56. The van der Waals surface area contributed by atoms with Gasteiger partial charge in [-0.25, -0.2) is 17.7 Å². The van der Waals surface area contributed by atoms with E-state index >= 15 is 0 Å². The maximum atomic E-state index is 12.5. The topological polar surface area (TPSA) is 79.4 Å². The van der Waals surface area contributed by atoms with Crippen LogP contribution in [0.25, 0.3) is 0 Å². The molecule has 0 saturated heterocycles. The van der Waals surface area contributed by atoms with Crippen LogP contribution in [0.15, 0.2) is 53.4 Å². The third-order valence-electron chi connectivity index (χ3n) is 4.32. The minimum Gasteiger partial charge on any atom is -0.298 e. The van der Waals surface area contributed by atoms with Gasteiger partial charge in [-0.1, -0.05) is 29.8 Å². The fraction of sp³-hybridized carbons (Fsp3) is 0.200. The highest BCUT2D eigenvalue weighted by Gasteiger charge is 2.18. The van der Waals surface area contributed by atoms with Gasteiger partial charge < -0.3 is 0 Å². The van der Waals surface area contributed by atoms with E-state index in [1.165, 1.54) is 49.7 Å². The molecule has 29 heavy (non-hydrogen) atoms. The smallest absolute Gasteiger partial charge is 0.257 e. The quantitative estimate of drug-likeness (QED) is 0.611. The molecule has 0 aliphatic heterocycles. The molecule has 0 radical (unpaired) electrons. The summed E-state index contributed by atoms with van der Waals surface area (Å²) in [5.41, 5.74) is 2.18. The van der Waals surface area contributed by atoms with Gasteiger partial charge in [0.15, 0.2) is 5.13 Å². The molecule has 6 nitrogen and oxygen atoms in total. The zero-order chi connectivity index (χ0) is 21.2. The van der Waals surface area contributed by atoms with Crippen molar-refractivity contribution < 1.29 is 13.2 Å². The highest BCUT2D eigenvalue weighted by molar-refractivity contribution is 7.89. The van der Waals surface area contributed by atoms with Gasteiger partial charge in [-0.15, -0.1) is 11.3 Å². The number of rotatable bonds is 6. The van der Waals surface area contributed by atoms with Gasteiger partial charge in [-0.3, -0.25) is 10.1 Å². The summed E-state index contributed by atoms with van der Waals surface area (Å²) in [6.07, 6.45) is 0.635. The summed E-state index contributed by atoms with van der Waals surface area (Å²) in [6.45, 7) is 1.89. The maximum Gasteiger partial charge on any atom is 0.257 e. The predicted octanol–water partition coefficient (Wildman–Crippen LogP) is 4.20. The highest BCUT2D eigenvalue weighted by atomic mass is 35.5. The summed E-state index contributed by atoms with van der Waals surface area (Å²) in [5.74, 6) is -0.350. The Hall–Kier alpha value is -2.26. The van der Waals surface area contributed by atoms with Crippen LogP contribution < -0.4 is 5.32 Å². The zero-order valence-corrected chi connectivity index (χ0v) is 18.5. The lowest BCUT2D eigenvalue weighted by molar-refractivity contribution is 0.102. The van der Waals surface area contributed by atoms with Crippen molar-refractivity contribution in [3.05, 3.63) is 75.3 Å². The minimum absolute atomic E-state index is 0.131. The lowest BCUT2D eigenvalue weighted by Crippen LogP contribution is -2.22. The molecule has 9 heteroatoms. The third-order valence-corrected chi connectivity index (χ3v) is 7.59. The Kier molecular flexibility index (Phi) is 6.38. The van der Waals surface area contributed by atoms with Crippen LogP contribution in [0.4, 0.5) is 5.13 Å². The summed E-state index contributed by atoms with van der Waals surface area (Å²) in [6, 6.07) is 13.4. The molecule has 2 aromatic carbocycles. The molecule has 0 aliphatic carbocycles. The average Bonchev–Trinajstić information content (AvgIpc) is 3.02. The summed E-state index contributed by atoms with van der Waals surface area (Å²) < 4.78 is 25.4. The third kappa shape index (κ3) is 4.84. The summed E-state index contributed by atoms with van der Waals surface area (Å²) in [4.78, 5) is 18.1. The first-order valence-corrected chi connectivity index (χ1v) is 11.4. The molecule has 0 fully saturated rings. The number of benzene rings is 2. The number of hydrogen-bond donors (Lipinski definition) is 1. The van der Waals surface area contributed by atoms with Crippen LogP contribution >= 0.6 is 22.9 Å². The Morgan fingerprint density at radius 2 is 1.79 bits per heavy atom. The van der Waals surface area contributed by atoms with Crippen molar-refractivity contribution in [1.29, 1.82) is 0 Å². The van der Waals surface area contributed by atoms with Crippen molar-refractivity contribution in [3.8, 4) is 0 Å². The van der Waals surface area contributed by atoms with Gasteiger partial charge in [-0.2, -0.15) is 0 Å². The summed E-state index contributed by atoms with van der Waals surface area (Å²) in [5, 5.41) is 3.96. The van der Waals surface area contributed by atoms with Crippen LogP contribution in [-0.2, 0) is 16.4 Å². The van der Waals surface area contributed by atoms with Crippen LogP contribution in [0.2, 0.25) is 5.02 Å². The van der Waals surface area contributed by atoms with Gasteiger partial charge in [0.2, 0.25) is 10.0 Å². The van der Waals surface area contributed by atoms with E-state index in [9.17, 15) is 13.2 Å². The SMILES string of the molecule is Cc1nc(NC(=O)c2ccc(S(=O)(=O)N(C)C)cc2)sc1Cc1ccccc1Cl. The second kappa shape index (κ2) is 8.62. The van der Waals surface area contributed by atoms with E-state index in [0.29, 0.717) is 22.1 Å². The van der Waals surface area contributed by atoms with Crippen LogP contribution in [0.3, 0.4) is 0 Å². The number of amides is 1. The molecule has 1 N–H and O–H groups in total. The van der Waals surface area contributed by atoms with Crippen LogP contribution in [0.1, 0.15) is 26.5 Å². The van der Waals surface area contributed by atoms with E-state index < -0.39 is 10.0 Å². The molecule has 1 aromatic heterocycles. The minimum atomic E-state index is -3.53. The van der Waals surface area contributed by atoms with E-state index in [1.807, 2.05) is 31.2 Å². The molecular weight excluding hydrogens is 430 g/mol. The summed E-state index contributed by atoms with van der Waals surface area (Å²) >= 11 is 7.62. The number of nitrogens with zero attached hydrogens (tertiary/aromatic N) is 2. The number of hydrogen-bond acceptors (Lipinski definition) is 5. The van der Waals surface area contributed by atoms with Crippen molar-refractivity contribution in [2.75, 3.05) is 19.4 Å². The standard InChI is InChI=1S/C20H20ClN3O3S2/c1-13-18(12-15-6-4-5-7-17(15)21)28-20(22-13)23-19(25)14-8-10-16(11-9-14)29(26,27)24(2)3/h4-11H,12H2,1-3H3,(H,22,23,25). The first-order valence-electron chi connectivity index (χ1n) is 8.72. The molecule has 1 heterocycles. The molecule has 0 aliphatic rings. The van der Waals surface area contributed by atoms with Crippen molar-refractivity contribution in [3.63, 3.8) is 0 Å². The second-order valence-corrected chi connectivity index (χ2v) is 10.2. The molecule has 0 unspecified atom stereocenters.